The zero-order valence-electron chi connectivity index (χ0n) is 14.3. The van der Waals surface area contributed by atoms with Crippen LogP contribution in [0.5, 0.6) is 0 Å². The topological polar surface area (TPSA) is 36.3 Å². The monoisotopic (exact) mass is 324 g/mol. The van der Waals surface area contributed by atoms with Crippen LogP contribution in [0.4, 0.5) is 0 Å². The molecule has 0 aliphatic rings. The fourth-order valence-corrected chi connectivity index (χ4v) is 3.08. The molecule has 0 N–H and O–H groups in total. The molecular weight excluding hydrogens is 300 g/mol. The van der Waals surface area contributed by atoms with E-state index in [0.29, 0.717) is 13.2 Å². The van der Waals surface area contributed by atoms with Crippen LogP contribution in [0, 0.1) is 0 Å². The molecule has 24 heavy (non-hydrogen) atoms. The number of aromatic nitrogens is 2. The van der Waals surface area contributed by atoms with Gasteiger partial charge in [-0.25, -0.2) is 4.98 Å². The summed E-state index contributed by atoms with van der Waals surface area (Å²) in [5.41, 5.74) is 1.06. The van der Waals surface area contributed by atoms with Crippen LogP contribution >= 0.6 is 0 Å². The van der Waals surface area contributed by atoms with Crippen molar-refractivity contribution in [2.45, 2.75) is 32.6 Å². The van der Waals surface area contributed by atoms with Crippen LogP contribution < -0.4 is 0 Å². The third kappa shape index (κ3) is 3.50. The Kier molecular flexibility index (Phi) is 5.28. The Bertz CT molecular complexity index is 762. The first-order valence-corrected chi connectivity index (χ1v) is 8.50. The van der Waals surface area contributed by atoms with Crippen molar-refractivity contribution in [2.24, 2.45) is 0 Å². The van der Waals surface area contributed by atoms with Gasteiger partial charge in [0.15, 0.2) is 5.79 Å². The predicted octanol–water partition coefficient (Wildman–Crippen LogP) is 4.35. The summed E-state index contributed by atoms with van der Waals surface area (Å²) in [5, 5.41) is 2.42. The number of hydrogen-bond acceptors (Lipinski definition) is 3. The number of rotatable bonds is 8. The van der Waals surface area contributed by atoms with E-state index in [1.165, 1.54) is 10.8 Å². The molecule has 0 aliphatic heterocycles. The molecule has 4 heteroatoms. The van der Waals surface area contributed by atoms with Gasteiger partial charge in [-0.3, -0.25) is 0 Å². The van der Waals surface area contributed by atoms with Gasteiger partial charge in [-0.1, -0.05) is 36.4 Å². The maximum Gasteiger partial charge on any atom is 0.196 e. The molecule has 4 nitrogen and oxygen atoms in total. The fraction of sp³-hybridized carbons (Fsp3) is 0.350. The van der Waals surface area contributed by atoms with Crippen LogP contribution in [-0.2, 0) is 21.8 Å². The molecule has 0 amide bonds. The highest BCUT2D eigenvalue weighted by atomic mass is 16.7. The third-order valence-electron chi connectivity index (χ3n) is 4.20. The minimum Gasteiger partial charge on any atom is -0.346 e. The van der Waals surface area contributed by atoms with Crippen LogP contribution in [0.25, 0.3) is 10.8 Å². The van der Waals surface area contributed by atoms with Gasteiger partial charge in [0.2, 0.25) is 0 Å². The summed E-state index contributed by atoms with van der Waals surface area (Å²) >= 11 is 0. The Balaban J connectivity index is 1.96. The van der Waals surface area contributed by atoms with Crippen molar-refractivity contribution < 1.29 is 9.47 Å². The molecule has 0 radical (unpaired) electrons. The fourth-order valence-electron chi connectivity index (χ4n) is 3.08. The molecule has 3 rings (SSSR count). The molecule has 1 heterocycles. The Morgan fingerprint density at radius 1 is 1.00 bits per heavy atom. The van der Waals surface area contributed by atoms with E-state index in [1.807, 2.05) is 30.9 Å². The molecule has 2 aromatic carbocycles. The van der Waals surface area contributed by atoms with Gasteiger partial charge in [-0.2, -0.15) is 0 Å². The molecule has 0 atom stereocenters. The second-order valence-electron chi connectivity index (χ2n) is 5.73. The molecule has 0 saturated heterocycles. The van der Waals surface area contributed by atoms with Crippen molar-refractivity contribution in [1.82, 2.24) is 9.55 Å². The highest BCUT2D eigenvalue weighted by Crippen LogP contribution is 2.34. The Morgan fingerprint density at radius 2 is 1.75 bits per heavy atom. The van der Waals surface area contributed by atoms with Gasteiger partial charge in [0.05, 0.1) is 6.33 Å². The predicted molar refractivity (Wildman–Crippen MR) is 95.7 cm³/mol. The number of hydrogen-bond donors (Lipinski definition) is 0. The lowest BCUT2D eigenvalue weighted by Crippen LogP contribution is -2.34. The number of aryl methyl sites for hydroxylation is 1. The lowest BCUT2D eigenvalue weighted by molar-refractivity contribution is -0.248. The van der Waals surface area contributed by atoms with Crippen molar-refractivity contribution in [3.63, 3.8) is 0 Å². The molecule has 0 bridgehead atoms. The van der Waals surface area contributed by atoms with E-state index in [9.17, 15) is 0 Å². The molecule has 3 aromatic rings. The Morgan fingerprint density at radius 3 is 2.42 bits per heavy atom. The van der Waals surface area contributed by atoms with Crippen molar-refractivity contribution in [3.05, 3.63) is 66.7 Å². The standard InChI is InChI=1S/C20H24N2O2/c1-3-23-20(24-4-2,11-13-22-14-12-21-16-22)19-10-9-17-7-5-6-8-18(17)15-19/h5-10,12,14-16H,3-4,11,13H2,1-2H3. The summed E-state index contributed by atoms with van der Waals surface area (Å²) < 4.78 is 14.3. The van der Waals surface area contributed by atoms with E-state index < -0.39 is 5.79 Å². The van der Waals surface area contributed by atoms with Gasteiger partial charge in [0.25, 0.3) is 0 Å². The zero-order chi connectivity index (χ0) is 16.8. The first-order valence-electron chi connectivity index (χ1n) is 8.50. The smallest absolute Gasteiger partial charge is 0.196 e. The summed E-state index contributed by atoms with van der Waals surface area (Å²) in [5.74, 6) is -0.738. The number of imidazole rings is 1. The number of nitrogens with zero attached hydrogens (tertiary/aromatic N) is 2. The largest absolute Gasteiger partial charge is 0.346 e. The molecule has 1 aromatic heterocycles. The lowest BCUT2D eigenvalue weighted by Gasteiger charge is -2.34. The number of benzene rings is 2. The molecular formula is C20H24N2O2. The van der Waals surface area contributed by atoms with E-state index in [2.05, 4.69) is 47.4 Å². The van der Waals surface area contributed by atoms with Crippen LogP contribution in [0.15, 0.2) is 61.2 Å². The molecule has 0 unspecified atom stereocenters. The van der Waals surface area contributed by atoms with Gasteiger partial charge in [-0.15, -0.1) is 0 Å². The van der Waals surface area contributed by atoms with E-state index in [0.717, 1.165) is 18.5 Å². The van der Waals surface area contributed by atoms with E-state index in [-0.39, 0.29) is 0 Å². The van der Waals surface area contributed by atoms with Crippen molar-refractivity contribution in [2.75, 3.05) is 13.2 Å². The average Bonchev–Trinajstić information content (AvgIpc) is 3.13. The van der Waals surface area contributed by atoms with E-state index in [1.54, 1.807) is 6.20 Å². The minimum atomic E-state index is -0.738. The molecule has 0 aliphatic carbocycles. The summed E-state index contributed by atoms with van der Waals surface area (Å²) in [4.78, 5) is 4.11. The minimum absolute atomic E-state index is 0.594. The van der Waals surface area contributed by atoms with Crippen LogP contribution in [0.2, 0.25) is 0 Å². The van der Waals surface area contributed by atoms with Crippen molar-refractivity contribution >= 4 is 10.8 Å². The lowest BCUT2D eigenvalue weighted by atomic mass is 9.98. The second kappa shape index (κ2) is 7.60. The summed E-state index contributed by atoms with van der Waals surface area (Å²) in [7, 11) is 0. The zero-order valence-corrected chi connectivity index (χ0v) is 14.3. The summed E-state index contributed by atoms with van der Waals surface area (Å²) in [6.45, 7) is 5.98. The summed E-state index contributed by atoms with van der Waals surface area (Å²) in [6, 6.07) is 14.8. The van der Waals surface area contributed by atoms with Crippen LogP contribution in [0.1, 0.15) is 25.8 Å². The normalized spacial score (nSPS) is 11.9. The number of fused-ring (bicyclic) bond motifs is 1. The highest BCUT2D eigenvalue weighted by Gasteiger charge is 2.33. The third-order valence-corrected chi connectivity index (χ3v) is 4.20. The highest BCUT2D eigenvalue weighted by molar-refractivity contribution is 5.83. The summed E-state index contributed by atoms with van der Waals surface area (Å²) in [6.07, 6.45) is 6.30. The average molecular weight is 324 g/mol. The van der Waals surface area contributed by atoms with Gasteiger partial charge < -0.3 is 14.0 Å². The molecule has 0 saturated carbocycles. The van der Waals surface area contributed by atoms with Gasteiger partial charge in [-0.05, 0) is 30.7 Å². The Hall–Kier alpha value is -2.17. The number of ether oxygens (including phenoxy) is 2. The van der Waals surface area contributed by atoms with Crippen molar-refractivity contribution in [3.8, 4) is 0 Å². The SMILES string of the molecule is CCOC(CCn1ccnc1)(OCC)c1ccc2ccccc2c1. The maximum atomic E-state index is 6.15. The van der Waals surface area contributed by atoms with Crippen LogP contribution in [0.3, 0.4) is 0 Å². The first kappa shape index (κ1) is 16.7. The Labute approximate surface area is 143 Å². The first-order chi connectivity index (χ1) is 11.8. The second-order valence-corrected chi connectivity index (χ2v) is 5.73. The van der Waals surface area contributed by atoms with Gasteiger partial charge >= 0.3 is 0 Å². The van der Waals surface area contributed by atoms with Gasteiger partial charge in [0, 0.05) is 44.1 Å². The molecule has 0 spiro atoms. The maximum absolute atomic E-state index is 6.15. The molecule has 0 fully saturated rings. The van der Waals surface area contributed by atoms with Crippen molar-refractivity contribution in [1.29, 1.82) is 0 Å². The quantitative estimate of drug-likeness (QED) is 0.578. The van der Waals surface area contributed by atoms with Crippen LogP contribution in [-0.4, -0.2) is 22.8 Å². The molecule has 126 valence electrons. The van der Waals surface area contributed by atoms with E-state index >= 15 is 0 Å². The van der Waals surface area contributed by atoms with Gasteiger partial charge in [0.1, 0.15) is 0 Å². The van der Waals surface area contributed by atoms with E-state index in [4.69, 9.17) is 9.47 Å².